The minimum Gasteiger partial charge on any atom is -0.373 e. The summed E-state index contributed by atoms with van der Waals surface area (Å²) < 4.78 is 36.7. The highest BCUT2D eigenvalue weighted by atomic mass is 19.1. The largest absolute Gasteiger partial charge is 0.373 e. The van der Waals surface area contributed by atoms with Crippen LogP contribution in [0.5, 0.6) is 0 Å². The van der Waals surface area contributed by atoms with Crippen LogP contribution in [0.4, 0.5) is 8.78 Å². The van der Waals surface area contributed by atoms with Gasteiger partial charge in [0.1, 0.15) is 22.8 Å². The Morgan fingerprint density at radius 2 is 1.94 bits per heavy atom. The number of aromatic nitrogens is 5. The third-order valence-corrected chi connectivity index (χ3v) is 7.08. The third-order valence-electron chi connectivity index (χ3n) is 7.08. The number of halogens is 2. The normalized spacial score (nSPS) is 20.5. The highest BCUT2D eigenvalue weighted by Gasteiger charge is 2.30. The van der Waals surface area contributed by atoms with Crippen molar-refractivity contribution in [3.05, 3.63) is 70.9 Å². The van der Waals surface area contributed by atoms with Gasteiger partial charge >= 0.3 is 0 Å². The summed E-state index contributed by atoms with van der Waals surface area (Å²) >= 11 is 0. The topological polar surface area (TPSA) is 65.7 Å². The summed E-state index contributed by atoms with van der Waals surface area (Å²) in [4.78, 5) is 14.5. The van der Waals surface area contributed by atoms with Gasteiger partial charge in [-0.1, -0.05) is 6.92 Å². The molecule has 6 nitrogen and oxygen atoms in total. The number of aryl methyl sites for hydroxylation is 2. The molecular weight excluding hydrogens is 448 g/mol. The Hall–Kier alpha value is -3.26. The lowest BCUT2D eigenvalue weighted by Crippen LogP contribution is -2.19. The fourth-order valence-electron chi connectivity index (χ4n) is 4.97. The summed E-state index contributed by atoms with van der Waals surface area (Å²) in [6.07, 6.45) is 8.55. The first-order chi connectivity index (χ1) is 17.0. The second kappa shape index (κ2) is 8.75. The smallest absolute Gasteiger partial charge is 0.135 e. The Labute approximate surface area is 202 Å². The van der Waals surface area contributed by atoms with Crippen molar-refractivity contribution >= 4 is 11.0 Å². The summed E-state index contributed by atoms with van der Waals surface area (Å²) in [5.74, 6) is -1.17. The van der Waals surface area contributed by atoms with E-state index in [1.807, 2.05) is 30.8 Å². The van der Waals surface area contributed by atoms with E-state index in [2.05, 4.69) is 11.3 Å². The summed E-state index contributed by atoms with van der Waals surface area (Å²) in [5.41, 5.74) is 5.45. The van der Waals surface area contributed by atoms with Crippen LogP contribution in [0, 0.1) is 18.6 Å². The first kappa shape index (κ1) is 22.2. The van der Waals surface area contributed by atoms with Crippen LogP contribution in [-0.2, 0) is 11.2 Å². The lowest BCUT2D eigenvalue weighted by molar-refractivity contribution is 0.00462. The van der Waals surface area contributed by atoms with E-state index in [1.165, 1.54) is 25.0 Å². The number of pyridine rings is 1. The predicted octanol–water partition coefficient (Wildman–Crippen LogP) is 6.01. The van der Waals surface area contributed by atoms with E-state index in [0.29, 0.717) is 35.8 Å². The van der Waals surface area contributed by atoms with Crippen LogP contribution >= 0.6 is 0 Å². The Morgan fingerprint density at radius 1 is 1.09 bits per heavy atom. The molecule has 0 N–H and O–H groups in total. The van der Waals surface area contributed by atoms with Crippen LogP contribution in [0.25, 0.3) is 22.3 Å². The molecule has 0 radical (unpaired) electrons. The number of rotatable bonds is 5. The van der Waals surface area contributed by atoms with E-state index in [4.69, 9.17) is 19.7 Å². The van der Waals surface area contributed by atoms with Crippen molar-refractivity contribution in [2.24, 2.45) is 0 Å². The van der Waals surface area contributed by atoms with Crippen molar-refractivity contribution in [1.29, 1.82) is 0 Å². The van der Waals surface area contributed by atoms with Crippen molar-refractivity contribution < 1.29 is 13.5 Å². The van der Waals surface area contributed by atoms with Crippen molar-refractivity contribution in [3.8, 4) is 11.3 Å². The molecule has 8 heteroatoms. The highest BCUT2D eigenvalue weighted by molar-refractivity contribution is 5.89. The Balaban J connectivity index is 1.42. The summed E-state index contributed by atoms with van der Waals surface area (Å²) in [6, 6.07) is 6.07. The monoisotopic (exact) mass is 475 g/mol. The van der Waals surface area contributed by atoms with Gasteiger partial charge in [-0.2, -0.15) is 5.10 Å². The van der Waals surface area contributed by atoms with Gasteiger partial charge in [0.05, 0.1) is 35.2 Å². The lowest BCUT2D eigenvalue weighted by atomic mass is 9.89. The quantitative estimate of drug-likeness (QED) is 0.354. The van der Waals surface area contributed by atoms with Crippen LogP contribution in [-0.4, -0.2) is 31.3 Å². The van der Waals surface area contributed by atoms with Gasteiger partial charge in [-0.15, -0.1) is 0 Å². The van der Waals surface area contributed by atoms with E-state index >= 15 is 0 Å². The molecule has 4 aromatic rings. The van der Waals surface area contributed by atoms with Crippen LogP contribution in [0.2, 0.25) is 0 Å². The van der Waals surface area contributed by atoms with Crippen LogP contribution in [0.3, 0.4) is 0 Å². The molecule has 2 aliphatic rings. The molecule has 1 saturated heterocycles. The van der Waals surface area contributed by atoms with Gasteiger partial charge in [0.2, 0.25) is 0 Å². The lowest BCUT2D eigenvalue weighted by Gasteiger charge is -2.29. The number of fused-ring (bicyclic) bond motifs is 1. The molecule has 3 aromatic heterocycles. The highest BCUT2D eigenvalue weighted by Crippen LogP contribution is 2.40. The van der Waals surface area contributed by atoms with Gasteiger partial charge in [-0.3, -0.25) is 4.68 Å². The fraction of sp³-hybridized carbons (Fsp3) is 0.407. The fourth-order valence-corrected chi connectivity index (χ4v) is 4.97. The van der Waals surface area contributed by atoms with E-state index in [-0.39, 0.29) is 17.6 Å². The zero-order valence-electron chi connectivity index (χ0n) is 19.8. The standard InChI is InChI=1S/C27H27F2N5O/c1-3-22-15(2)31-24-12-23(33-26(27(24)32-22)20-7-4-18(28)11-21(20)29)16-8-9-35-25(10-16)17-13-30-34(14-17)19-5-6-19/h4,7,11-14,16,19,25H,3,5-6,8-10H2,1-2H3/t16-,25+/m0/s1. The number of hydrogen-bond acceptors (Lipinski definition) is 5. The minimum absolute atomic E-state index is 0.0694. The first-order valence-electron chi connectivity index (χ1n) is 12.3. The number of ether oxygens (including phenoxy) is 1. The maximum atomic E-state index is 14.9. The molecular formula is C27H27F2N5O. The number of benzene rings is 1. The molecule has 0 spiro atoms. The maximum Gasteiger partial charge on any atom is 0.135 e. The number of nitrogens with zero attached hydrogens (tertiary/aromatic N) is 5. The van der Waals surface area contributed by atoms with Crippen LogP contribution in [0.1, 0.15) is 73.3 Å². The molecule has 1 saturated carbocycles. The predicted molar refractivity (Wildman–Crippen MR) is 128 cm³/mol. The third kappa shape index (κ3) is 4.20. The summed E-state index contributed by atoms with van der Waals surface area (Å²) in [5, 5.41) is 4.52. The Morgan fingerprint density at radius 3 is 2.71 bits per heavy atom. The average molecular weight is 476 g/mol. The van der Waals surface area contributed by atoms with Gasteiger partial charge in [0.15, 0.2) is 0 Å². The van der Waals surface area contributed by atoms with Gasteiger partial charge < -0.3 is 4.74 Å². The zero-order valence-corrected chi connectivity index (χ0v) is 19.8. The summed E-state index contributed by atoms with van der Waals surface area (Å²) in [6.45, 7) is 4.55. The number of hydrogen-bond donors (Lipinski definition) is 0. The Bertz CT molecular complexity index is 1410. The maximum absolute atomic E-state index is 14.9. The van der Waals surface area contributed by atoms with Gasteiger partial charge in [-0.05, 0) is 57.2 Å². The molecule has 1 aromatic carbocycles. The summed E-state index contributed by atoms with van der Waals surface area (Å²) in [7, 11) is 0. The molecule has 1 aliphatic heterocycles. The molecule has 1 aliphatic carbocycles. The molecule has 4 heterocycles. The second-order valence-electron chi connectivity index (χ2n) is 9.56. The molecule has 6 rings (SSSR count). The minimum atomic E-state index is -0.659. The van der Waals surface area contributed by atoms with E-state index < -0.39 is 11.6 Å². The zero-order chi connectivity index (χ0) is 24.1. The molecule has 0 bridgehead atoms. The SMILES string of the molecule is CCc1nc2c(-c3ccc(F)cc3F)nc([C@H]3CCO[C@@H](c4cnn(C5CC5)c4)C3)cc2nc1C. The molecule has 2 atom stereocenters. The van der Waals surface area contributed by atoms with Crippen molar-refractivity contribution in [2.45, 2.75) is 64.0 Å². The van der Waals surface area contributed by atoms with Gasteiger partial charge in [0, 0.05) is 41.6 Å². The van der Waals surface area contributed by atoms with E-state index in [0.717, 1.165) is 41.6 Å². The molecule has 2 fully saturated rings. The average Bonchev–Trinajstić information content (AvgIpc) is 3.59. The second-order valence-corrected chi connectivity index (χ2v) is 9.56. The van der Waals surface area contributed by atoms with E-state index in [9.17, 15) is 8.78 Å². The molecule has 0 amide bonds. The molecule has 35 heavy (non-hydrogen) atoms. The van der Waals surface area contributed by atoms with Crippen molar-refractivity contribution in [3.63, 3.8) is 0 Å². The molecule has 0 unspecified atom stereocenters. The van der Waals surface area contributed by atoms with E-state index in [1.54, 1.807) is 0 Å². The van der Waals surface area contributed by atoms with Crippen molar-refractivity contribution in [2.75, 3.05) is 6.61 Å². The Kier molecular flexibility index (Phi) is 5.56. The van der Waals surface area contributed by atoms with Crippen molar-refractivity contribution in [1.82, 2.24) is 24.7 Å². The van der Waals surface area contributed by atoms with Crippen LogP contribution < -0.4 is 0 Å². The first-order valence-corrected chi connectivity index (χ1v) is 12.3. The van der Waals surface area contributed by atoms with Crippen LogP contribution in [0.15, 0.2) is 36.7 Å². The van der Waals surface area contributed by atoms with Gasteiger partial charge in [0.25, 0.3) is 0 Å². The van der Waals surface area contributed by atoms with Gasteiger partial charge in [-0.25, -0.2) is 23.7 Å². The molecule has 180 valence electrons.